The second-order valence-electron chi connectivity index (χ2n) is 3.91. The van der Waals surface area contributed by atoms with Crippen LogP contribution in [0.15, 0.2) is 18.2 Å². The molecular weight excluding hydrogens is 250 g/mol. The molecule has 2 N–H and O–H groups in total. The summed E-state index contributed by atoms with van der Waals surface area (Å²) in [5.74, 6) is -0.0148. The highest BCUT2D eigenvalue weighted by Crippen LogP contribution is 2.23. The van der Waals surface area contributed by atoms with E-state index < -0.39 is 0 Å². The highest BCUT2D eigenvalue weighted by molar-refractivity contribution is 5.97. The molecule has 0 spiro atoms. The van der Waals surface area contributed by atoms with Crippen LogP contribution in [-0.2, 0) is 9.47 Å². The Labute approximate surface area is 112 Å². The molecule has 6 heteroatoms. The van der Waals surface area contributed by atoms with Gasteiger partial charge in [0.1, 0.15) is 11.5 Å². The second kappa shape index (κ2) is 7.60. The molecule has 1 amide bonds. The van der Waals surface area contributed by atoms with E-state index in [2.05, 4.69) is 5.32 Å². The van der Waals surface area contributed by atoms with Crippen LogP contribution in [0, 0.1) is 0 Å². The summed E-state index contributed by atoms with van der Waals surface area (Å²) in [5, 5.41) is 12.4. The molecular formula is C13H19NO5. The number of aromatic hydroxyl groups is 1. The molecule has 0 aliphatic rings. The molecule has 1 rings (SSSR count). The number of ether oxygens (including phenoxy) is 3. The van der Waals surface area contributed by atoms with E-state index in [9.17, 15) is 9.90 Å². The van der Waals surface area contributed by atoms with Crippen molar-refractivity contribution < 1.29 is 24.1 Å². The summed E-state index contributed by atoms with van der Waals surface area (Å²) in [6.45, 7) is 0.681. The number of phenolic OH excluding ortho intramolecular Hbond substituents is 1. The number of benzene rings is 1. The topological polar surface area (TPSA) is 77.0 Å². The van der Waals surface area contributed by atoms with Gasteiger partial charge in [-0.2, -0.15) is 0 Å². The van der Waals surface area contributed by atoms with Gasteiger partial charge in [-0.25, -0.2) is 0 Å². The van der Waals surface area contributed by atoms with Gasteiger partial charge in [0, 0.05) is 26.8 Å². The number of phenols is 1. The largest absolute Gasteiger partial charge is 0.507 e. The van der Waals surface area contributed by atoms with Crippen molar-refractivity contribution in [1.82, 2.24) is 5.32 Å². The number of carbonyl (C=O) groups excluding carboxylic acids is 1. The van der Waals surface area contributed by atoms with Gasteiger partial charge in [-0.05, 0) is 12.1 Å². The number of rotatable bonds is 7. The van der Waals surface area contributed by atoms with Crippen LogP contribution in [0.1, 0.15) is 10.4 Å². The van der Waals surface area contributed by atoms with E-state index >= 15 is 0 Å². The normalized spacial score (nSPS) is 11.9. The van der Waals surface area contributed by atoms with E-state index in [4.69, 9.17) is 14.2 Å². The lowest BCUT2D eigenvalue weighted by Crippen LogP contribution is -2.35. The van der Waals surface area contributed by atoms with E-state index in [1.54, 1.807) is 20.3 Å². The van der Waals surface area contributed by atoms with E-state index in [1.165, 1.54) is 19.2 Å². The molecule has 1 aromatic carbocycles. The summed E-state index contributed by atoms with van der Waals surface area (Å²) in [6, 6.07) is 4.50. The predicted octanol–water partition coefficient (Wildman–Crippen LogP) is 0.792. The molecule has 0 aromatic heterocycles. The third-order valence-corrected chi connectivity index (χ3v) is 2.63. The van der Waals surface area contributed by atoms with Gasteiger partial charge in [-0.1, -0.05) is 0 Å². The van der Waals surface area contributed by atoms with Gasteiger partial charge in [0.05, 0.1) is 25.4 Å². The number of amides is 1. The Balaban J connectivity index is 2.63. The predicted molar refractivity (Wildman–Crippen MR) is 69.7 cm³/mol. The highest BCUT2D eigenvalue weighted by atomic mass is 16.5. The van der Waals surface area contributed by atoms with Crippen molar-refractivity contribution in [3.05, 3.63) is 23.8 Å². The molecule has 0 radical (unpaired) electrons. The summed E-state index contributed by atoms with van der Waals surface area (Å²) in [6.07, 6.45) is -0.227. The Morgan fingerprint density at radius 2 is 2.11 bits per heavy atom. The zero-order valence-electron chi connectivity index (χ0n) is 11.3. The maximum absolute atomic E-state index is 11.9. The molecule has 19 heavy (non-hydrogen) atoms. The van der Waals surface area contributed by atoms with Gasteiger partial charge in [-0.15, -0.1) is 0 Å². The van der Waals surface area contributed by atoms with Crippen LogP contribution in [0.5, 0.6) is 11.5 Å². The van der Waals surface area contributed by atoms with Crippen LogP contribution < -0.4 is 10.1 Å². The van der Waals surface area contributed by atoms with Crippen LogP contribution in [0.2, 0.25) is 0 Å². The lowest BCUT2D eigenvalue weighted by molar-refractivity contribution is 0.0285. The molecule has 6 nitrogen and oxygen atoms in total. The Morgan fingerprint density at radius 1 is 1.37 bits per heavy atom. The second-order valence-corrected chi connectivity index (χ2v) is 3.91. The van der Waals surface area contributed by atoms with E-state index in [0.29, 0.717) is 18.9 Å². The molecule has 106 valence electrons. The SMILES string of the molecule is COCC(CNC(=O)c1ccc(OC)cc1O)OC. The molecule has 0 fully saturated rings. The van der Waals surface area contributed by atoms with Crippen LogP contribution in [0.4, 0.5) is 0 Å². The monoisotopic (exact) mass is 269 g/mol. The zero-order chi connectivity index (χ0) is 14.3. The fraction of sp³-hybridized carbons (Fsp3) is 0.462. The Morgan fingerprint density at radius 3 is 2.63 bits per heavy atom. The summed E-state index contributed by atoms with van der Waals surface area (Å²) in [7, 11) is 4.59. The fourth-order valence-electron chi connectivity index (χ4n) is 1.53. The minimum atomic E-state index is -0.377. The van der Waals surface area contributed by atoms with E-state index in [0.717, 1.165) is 0 Å². The van der Waals surface area contributed by atoms with Crippen LogP contribution in [-0.4, -0.2) is 51.6 Å². The first-order chi connectivity index (χ1) is 9.12. The summed E-state index contributed by atoms with van der Waals surface area (Å²) < 4.78 is 15.0. The van der Waals surface area contributed by atoms with Crippen LogP contribution in [0.3, 0.4) is 0 Å². The number of hydrogen-bond acceptors (Lipinski definition) is 5. The Hall–Kier alpha value is -1.79. The van der Waals surface area contributed by atoms with Crippen LogP contribution in [0.25, 0.3) is 0 Å². The van der Waals surface area contributed by atoms with Crippen molar-refractivity contribution in [3.63, 3.8) is 0 Å². The average molecular weight is 269 g/mol. The van der Waals surface area contributed by atoms with Crippen molar-refractivity contribution in [2.24, 2.45) is 0 Å². The minimum absolute atomic E-state index is 0.127. The summed E-state index contributed by atoms with van der Waals surface area (Å²) >= 11 is 0. The maximum atomic E-state index is 11.9. The van der Waals surface area contributed by atoms with Gasteiger partial charge in [-0.3, -0.25) is 4.79 Å². The number of carbonyl (C=O) groups is 1. The lowest BCUT2D eigenvalue weighted by Gasteiger charge is -2.15. The minimum Gasteiger partial charge on any atom is -0.507 e. The smallest absolute Gasteiger partial charge is 0.255 e. The first-order valence-electron chi connectivity index (χ1n) is 5.79. The van der Waals surface area contributed by atoms with Crippen molar-refractivity contribution >= 4 is 5.91 Å². The zero-order valence-corrected chi connectivity index (χ0v) is 11.3. The van der Waals surface area contributed by atoms with Crippen LogP contribution >= 0.6 is 0 Å². The van der Waals surface area contributed by atoms with Crippen molar-refractivity contribution in [2.75, 3.05) is 34.5 Å². The first-order valence-corrected chi connectivity index (χ1v) is 5.79. The molecule has 0 aliphatic carbocycles. The molecule has 0 saturated heterocycles. The number of hydrogen-bond donors (Lipinski definition) is 2. The standard InChI is InChI=1S/C13H19NO5/c1-17-8-10(19-3)7-14-13(16)11-5-4-9(18-2)6-12(11)15/h4-6,10,15H,7-8H2,1-3H3,(H,14,16). The van der Waals surface area contributed by atoms with Crippen molar-refractivity contribution in [1.29, 1.82) is 0 Å². The molecule has 0 bridgehead atoms. The third-order valence-electron chi connectivity index (χ3n) is 2.63. The molecule has 1 atom stereocenters. The molecule has 0 saturated carbocycles. The lowest BCUT2D eigenvalue weighted by atomic mass is 10.1. The fourth-order valence-corrected chi connectivity index (χ4v) is 1.53. The number of methoxy groups -OCH3 is 3. The highest BCUT2D eigenvalue weighted by Gasteiger charge is 2.14. The quantitative estimate of drug-likeness (QED) is 0.765. The maximum Gasteiger partial charge on any atom is 0.255 e. The third kappa shape index (κ3) is 4.42. The van der Waals surface area contributed by atoms with E-state index in [-0.39, 0.29) is 23.3 Å². The first kappa shape index (κ1) is 15.3. The van der Waals surface area contributed by atoms with Gasteiger partial charge in [0.2, 0.25) is 0 Å². The van der Waals surface area contributed by atoms with Gasteiger partial charge >= 0.3 is 0 Å². The van der Waals surface area contributed by atoms with Gasteiger partial charge in [0.15, 0.2) is 0 Å². The molecule has 1 unspecified atom stereocenters. The van der Waals surface area contributed by atoms with Crippen molar-refractivity contribution in [3.8, 4) is 11.5 Å². The van der Waals surface area contributed by atoms with Gasteiger partial charge in [0.25, 0.3) is 5.91 Å². The molecule has 0 heterocycles. The molecule has 1 aromatic rings. The van der Waals surface area contributed by atoms with Gasteiger partial charge < -0.3 is 24.6 Å². The average Bonchev–Trinajstić information content (AvgIpc) is 2.42. The Kier molecular flexibility index (Phi) is 6.11. The van der Waals surface area contributed by atoms with Crippen molar-refractivity contribution in [2.45, 2.75) is 6.10 Å². The number of nitrogens with one attached hydrogen (secondary N) is 1. The Bertz CT molecular complexity index is 421. The summed E-state index contributed by atoms with van der Waals surface area (Å²) in [4.78, 5) is 11.9. The molecule has 0 aliphatic heterocycles. The summed E-state index contributed by atoms with van der Waals surface area (Å²) in [5.41, 5.74) is 0.188. The van der Waals surface area contributed by atoms with E-state index in [1.807, 2.05) is 0 Å².